The molecule has 3 rings (SSSR count). The average Bonchev–Trinajstić information content (AvgIpc) is 2.92. The zero-order valence-corrected chi connectivity index (χ0v) is 23.0. The van der Waals surface area contributed by atoms with Gasteiger partial charge in [0.2, 0.25) is 0 Å². The number of hydrogen-bond donors (Lipinski definition) is 3. The lowest BCUT2D eigenvalue weighted by Gasteiger charge is -2.32. The molecule has 0 radical (unpaired) electrons. The zero-order valence-electron chi connectivity index (χ0n) is 23.0. The summed E-state index contributed by atoms with van der Waals surface area (Å²) in [4.78, 5) is 25.9. The lowest BCUT2D eigenvalue weighted by atomic mass is 9.80. The molecule has 0 amide bonds. The Morgan fingerprint density at radius 2 is 1.76 bits per heavy atom. The number of nitrogens with one attached hydrogen (secondary N) is 2. The van der Waals surface area contributed by atoms with Crippen molar-refractivity contribution in [2.45, 2.75) is 51.6 Å². The summed E-state index contributed by atoms with van der Waals surface area (Å²) in [6, 6.07) is 11.3. The first kappa shape index (κ1) is 31.6. The topological polar surface area (TPSA) is 106 Å². The number of halogens is 4. The van der Waals surface area contributed by atoms with Gasteiger partial charge in [0.15, 0.2) is 0 Å². The van der Waals surface area contributed by atoms with Crippen molar-refractivity contribution in [2.75, 3.05) is 20.3 Å². The number of carbonyl (C=O) groups excluding carboxylic acids is 2. The molecule has 12 heteroatoms. The van der Waals surface area contributed by atoms with Gasteiger partial charge in [-0.15, -0.1) is 0 Å². The van der Waals surface area contributed by atoms with Crippen molar-refractivity contribution in [3.63, 3.8) is 0 Å². The van der Waals surface area contributed by atoms with Crippen molar-refractivity contribution in [3.05, 3.63) is 88.0 Å². The highest BCUT2D eigenvalue weighted by Gasteiger charge is 2.47. The van der Waals surface area contributed by atoms with Crippen LogP contribution in [0.5, 0.6) is 5.75 Å². The molecular weight excluding hydrogens is 548 g/mol. The summed E-state index contributed by atoms with van der Waals surface area (Å²) in [7, 11) is 0.909. The fourth-order valence-electron chi connectivity index (χ4n) is 4.20. The second-order valence-electron chi connectivity index (χ2n) is 9.68. The predicted molar refractivity (Wildman–Crippen MR) is 141 cm³/mol. The third kappa shape index (κ3) is 8.30. The Balaban J connectivity index is 1.81. The minimum atomic E-state index is -5.00. The van der Waals surface area contributed by atoms with Crippen molar-refractivity contribution >= 4 is 11.9 Å². The summed E-state index contributed by atoms with van der Waals surface area (Å²) >= 11 is 0. The van der Waals surface area contributed by atoms with E-state index in [1.165, 1.54) is 19.1 Å². The lowest BCUT2D eigenvalue weighted by molar-refractivity contribution is -0.141. The molecule has 2 unspecified atom stereocenters. The molecule has 0 aliphatic carbocycles. The van der Waals surface area contributed by atoms with Gasteiger partial charge < -0.3 is 30.0 Å². The summed E-state index contributed by atoms with van der Waals surface area (Å²) in [6.07, 6.45) is -5.72. The molecule has 41 heavy (non-hydrogen) atoms. The van der Waals surface area contributed by atoms with Crippen LogP contribution < -0.4 is 15.4 Å². The maximum atomic E-state index is 14.1. The van der Waals surface area contributed by atoms with E-state index in [9.17, 15) is 32.3 Å². The van der Waals surface area contributed by atoms with Gasteiger partial charge in [0.1, 0.15) is 36.6 Å². The molecule has 8 nitrogen and oxygen atoms in total. The molecule has 0 aromatic heterocycles. The molecule has 0 spiro atoms. The van der Waals surface area contributed by atoms with Crippen LogP contribution in [-0.2, 0) is 25.7 Å². The molecule has 0 fully saturated rings. The Morgan fingerprint density at radius 1 is 1.07 bits per heavy atom. The van der Waals surface area contributed by atoms with Crippen LogP contribution in [-0.4, -0.2) is 55.6 Å². The van der Waals surface area contributed by atoms with E-state index >= 15 is 0 Å². The van der Waals surface area contributed by atoms with E-state index in [1.807, 2.05) is 13.8 Å². The van der Waals surface area contributed by atoms with Gasteiger partial charge in [-0.1, -0.05) is 38.1 Å². The Kier molecular flexibility index (Phi) is 10.5. The molecule has 2 atom stereocenters. The zero-order chi connectivity index (χ0) is 30.3. The fourth-order valence-corrected chi connectivity index (χ4v) is 4.20. The number of alkyl halides is 3. The smallest absolute Gasteiger partial charge is 0.431 e. The number of hydrogen-bond acceptors (Lipinski definition) is 8. The highest BCUT2D eigenvalue weighted by Crippen LogP contribution is 2.43. The van der Waals surface area contributed by atoms with Crippen molar-refractivity contribution in [1.82, 2.24) is 10.6 Å². The van der Waals surface area contributed by atoms with Crippen molar-refractivity contribution in [2.24, 2.45) is 0 Å². The maximum Gasteiger partial charge on any atom is 0.431 e. The molecule has 3 N–H and O–H groups in total. The van der Waals surface area contributed by atoms with E-state index in [0.29, 0.717) is 17.9 Å². The largest absolute Gasteiger partial charge is 0.491 e. The first-order valence-corrected chi connectivity index (χ1v) is 12.7. The standard InChI is InChI=1S/C29H32F4N2O6/c1-16(2)34-13-21(36)15-40-22-10-8-18(9-11-22)14-41-28(38)23-17(3)35-26(29(31,32)33)25(27(37)39-4)24(23)19-6-5-7-20(30)12-19/h5-12,16,21,24,34-36H,13-15H2,1-4H3. The van der Waals surface area contributed by atoms with Gasteiger partial charge in [0.05, 0.1) is 24.2 Å². The van der Waals surface area contributed by atoms with Crippen LogP contribution in [0.15, 0.2) is 71.1 Å². The Hall–Kier alpha value is -3.90. The van der Waals surface area contributed by atoms with Gasteiger partial charge >= 0.3 is 18.1 Å². The normalized spacial score (nSPS) is 16.4. The molecule has 2 aromatic carbocycles. The first-order valence-electron chi connectivity index (χ1n) is 12.7. The van der Waals surface area contributed by atoms with Crippen molar-refractivity contribution in [1.29, 1.82) is 0 Å². The van der Waals surface area contributed by atoms with Crippen LogP contribution in [0.2, 0.25) is 0 Å². The number of aliphatic hydroxyl groups excluding tert-OH is 1. The number of rotatable bonds is 11. The minimum Gasteiger partial charge on any atom is -0.491 e. The fraction of sp³-hybridized carbons (Fsp3) is 0.379. The van der Waals surface area contributed by atoms with E-state index in [0.717, 1.165) is 19.2 Å². The summed E-state index contributed by atoms with van der Waals surface area (Å²) in [6.45, 7) is 5.32. The molecule has 2 aromatic rings. The number of allylic oxidation sites excluding steroid dienone is 2. The number of benzene rings is 2. The van der Waals surface area contributed by atoms with Crippen LogP contribution in [0.4, 0.5) is 17.6 Å². The second-order valence-corrected chi connectivity index (χ2v) is 9.68. The highest BCUT2D eigenvalue weighted by atomic mass is 19.4. The number of aliphatic hydroxyl groups is 1. The summed E-state index contributed by atoms with van der Waals surface area (Å²) in [5.41, 5.74) is -2.33. The number of ether oxygens (including phenoxy) is 3. The summed E-state index contributed by atoms with van der Waals surface area (Å²) < 4.78 is 71.6. The van der Waals surface area contributed by atoms with Crippen LogP contribution in [0.1, 0.15) is 37.8 Å². The van der Waals surface area contributed by atoms with Crippen molar-refractivity contribution in [3.8, 4) is 5.75 Å². The second kappa shape index (κ2) is 13.6. The SMILES string of the molecule is COC(=O)C1=C(C(F)(F)F)NC(C)=C(C(=O)OCc2ccc(OCC(O)CNC(C)C)cc2)C1c1cccc(F)c1. The first-order chi connectivity index (χ1) is 19.3. The van der Waals surface area contributed by atoms with E-state index in [4.69, 9.17) is 9.47 Å². The Bertz CT molecular complexity index is 1310. The summed E-state index contributed by atoms with van der Waals surface area (Å²) in [5, 5.41) is 15.2. The van der Waals surface area contributed by atoms with Gasteiger partial charge in [0, 0.05) is 18.3 Å². The highest BCUT2D eigenvalue weighted by molar-refractivity contribution is 6.00. The van der Waals surface area contributed by atoms with Gasteiger partial charge in [-0.05, 0) is 42.3 Å². The molecule has 0 saturated heterocycles. The average molecular weight is 581 g/mol. The third-order valence-electron chi connectivity index (χ3n) is 6.15. The molecular formula is C29H32F4N2O6. The van der Waals surface area contributed by atoms with Crippen LogP contribution in [0.3, 0.4) is 0 Å². The molecule has 0 saturated carbocycles. The van der Waals surface area contributed by atoms with Gasteiger partial charge in [-0.25, -0.2) is 14.0 Å². The molecule has 1 heterocycles. The quantitative estimate of drug-likeness (QED) is 0.268. The van der Waals surface area contributed by atoms with Gasteiger partial charge in [-0.3, -0.25) is 0 Å². The van der Waals surface area contributed by atoms with E-state index in [-0.39, 0.29) is 36.1 Å². The third-order valence-corrected chi connectivity index (χ3v) is 6.15. The number of carbonyl (C=O) groups is 2. The lowest BCUT2D eigenvalue weighted by Crippen LogP contribution is -2.38. The summed E-state index contributed by atoms with van der Waals surface area (Å²) in [5.74, 6) is -4.26. The van der Waals surface area contributed by atoms with Crippen LogP contribution in [0, 0.1) is 5.82 Å². The van der Waals surface area contributed by atoms with Gasteiger partial charge in [-0.2, -0.15) is 13.2 Å². The minimum absolute atomic E-state index is 0.0614. The molecule has 1 aliphatic rings. The van der Waals surface area contributed by atoms with E-state index in [1.54, 1.807) is 24.3 Å². The van der Waals surface area contributed by atoms with Crippen molar-refractivity contribution < 1.29 is 46.5 Å². The predicted octanol–water partition coefficient (Wildman–Crippen LogP) is 4.26. The van der Waals surface area contributed by atoms with E-state index < -0.39 is 47.2 Å². The molecule has 0 bridgehead atoms. The molecule has 222 valence electrons. The monoisotopic (exact) mass is 580 g/mol. The van der Waals surface area contributed by atoms with E-state index in [2.05, 4.69) is 15.4 Å². The maximum absolute atomic E-state index is 14.1. The van der Waals surface area contributed by atoms with Gasteiger partial charge in [0.25, 0.3) is 0 Å². The van der Waals surface area contributed by atoms with Crippen LogP contribution >= 0.6 is 0 Å². The number of methoxy groups -OCH3 is 1. The molecule has 1 aliphatic heterocycles. The Morgan fingerprint density at radius 3 is 2.34 bits per heavy atom. The Labute approximate surface area is 235 Å². The van der Waals surface area contributed by atoms with Crippen LogP contribution in [0.25, 0.3) is 0 Å². The number of esters is 2. The number of dihydropyridines is 1.